The second kappa shape index (κ2) is 6.78. The molecule has 0 saturated carbocycles. The van der Waals surface area contributed by atoms with Crippen molar-refractivity contribution in [2.24, 2.45) is 11.7 Å². The van der Waals surface area contributed by atoms with E-state index in [0.29, 0.717) is 6.04 Å². The zero-order valence-electron chi connectivity index (χ0n) is 11.9. The number of rotatable bonds is 4. The monoisotopic (exact) mass is 292 g/mol. The molecular formula is C15H24N4S. The van der Waals surface area contributed by atoms with Gasteiger partial charge in [0.25, 0.3) is 0 Å². The van der Waals surface area contributed by atoms with Crippen molar-refractivity contribution in [1.29, 1.82) is 0 Å². The fourth-order valence-corrected chi connectivity index (χ4v) is 4.65. The smallest absolute Gasteiger partial charge is 0.128 e. The summed E-state index contributed by atoms with van der Waals surface area (Å²) in [5, 5.41) is 0. The summed E-state index contributed by atoms with van der Waals surface area (Å²) >= 11 is 2.08. The molecule has 0 spiro atoms. The molecule has 2 aliphatic heterocycles. The summed E-state index contributed by atoms with van der Waals surface area (Å²) in [7, 11) is 0. The average Bonchev–Trinajstić information content (AvgIpc) is 3.04. The van der Waals surface area contributed by atoms with Crippen molar-refractivity contribution in [1.82, 2.24) is 9.88 Å². The maximum Gasteiger partial charge on any atom is 0.128 e. The summed E-state index contributed by atoms with van der Waals surface area (Å²) in [5.41, 5.74) is 6.05. The number of thioether (sulfide) groups is 1. The van der Waals surface area contributed by atoms with Crippen molar-refractivity contribution in [2.45, 2.75) is 12.5 Å². The lowest BCUT2D eigenvalue weighted by molar-refractivity contribution is 0.146. The molecular weight excluding hydrogens is 268 g/mol. The van der Waals surface area contributed by atoms with Gasteiger partial charge >= 0.3 is 0 Å². The molecule has 3 rings (SSSR count). The van der Waals surface area contributed by atoms with Gasteiger partial charge in [0.1, 0.15) is 5.82 Å². The molecule has 110 valence electrons. The predicted molar refractivity (Wildman–Crippen MR) is 86.3 cm³/mol. The summed E-state index contributed by atoms with van der Waals surface area (Å²) in [6, 6.07) is 6.72. The molecule has 20 heavy (non-hydrogen) atoms. The van der Waals surface area contributed by atoms with Gasteiger partial charge in [-0.15, -0.1) is 0 Å². The third-order valence-corrected chi connectivity index (χ3v) is 5.70. The molecule has 0 radical (unpaired) electrons. The van der Waals surface area contributed by atoms with Crippen LogP contribution >= 0.6 is 11.8 Å². The van der Waals surface area contributed by atoms with Gasteiger partial charge in [-0.3, -0.25) is 4.90 Å². The first kappa shape index (κ1) is 14.2. The van der Waals surface area contributed by atoms with Gasteiger partial charge in [0.05, 0.1) is 0 Å². The molecule has 0 aromatic carbocycles. The van der Waals surface area contributed by atoms with E-state index < -0.39 is 0 Å². The quantitative estimate of drug-likeness (QED) is 0.906. The van der Waals surface area contributed by atoms with Crippen molar-refractivity contribution < 1.29 is 0 Å². The molecule has 2 saturated heterocycles. The number of hydrogen-bond donors (Lipinski definition) is 1. The third kappa shape index (κ3) is 3.10. The zero-order chi connectivity index (χ0) is 13.8. The number of pyridine rings is 1. The van der Waals surface area contributed by atoms with E-state index in [1.807, 2.05) is 12.3 Å². The van der Waals surface area contributed by atoms with Crippen LogP contribution in [0.1, 0.15) is 6.42 Å². The van der Waals surface area contributed by atoms with Gasteiger partial charge < -0.3 is 10.6 Å². The van der Waals surface area contributed by atoms with Gasteiger partial charge in [-0.2, -0.15) is 11.8 Å². The van der Waals surface area contributed by atoms with Crippen LogP contribution in [0.4, 0.5) is 5.82 Å². The Bertz CT molecular complexity index is 400. The molecule has 1 aromatic rings. The van der Waals surface area contributed by atoms with Crippen molar-refractivity contribution >= 4 is 17.6 Å². The minimum atomic E-state index is 0.580. The van der Waals surface area contributed by atoms with E-state index in [1.54, 1.807) is 0 Å². The van der Waals surface area contributed by atoms with Crippen LogP contribution in [-0.2, 0) is 0 Å². The number of anilines is 1. The van der Waals surface area contributed by atoms with Crippen LogP contribution in [0.25, 0.3) is 0 Å². The Balaban J connectivity index is 1.57. The van der Waals surface area contributed by atoms with Crippen LogP contribution in [-0.4, -0.2) is 60.2 Å². The van der Waals surface area contributed by atoms with E-state index in [4.69, 9.17) is 5.73 Å². The molecule has 3 heterocycles. The highest BCUT2D eigenvalue weighted by molar-refractivity contribution is 7.99. The lowest BCUT2D eigenvalue weighted by atomic mass is 9.97. The first-order chi connectivity index (χ1) is 9.88. The molecule has 0 bridgehead atoms. The largest absolute Gasteiger partial charge is 0.354 e. The Morgan fingerprint density at radius 3 is 2.75 bits per heavy atom. The molecule has 2 atom stereocenters. The maximum atomic E-state index is 6.05. The minimum absolute atomic E-state index is 0.580. The summed E-state index contributed by atoms with van der Waals surface area (Å²) in [4.78, 5) is 9.44. The Labute approximate surface area is 125 Å². The summed E-state index contributed by atoms with van der Waals surface area (Å²) in [6.45, 7) is 5.15. The molecule has 2 N–H and O–H groups in total. The number of piperazine rings is 1. The molecule has 2 fully saturated rings. The number of hydrogen-bond acceptors (Lipinski definition) is 5. The predicted octanol–water partition coefficient (Wildman–Crippen LogP) is 1.28. The second-order valence-electron chi connectivity index (χ2n) is 5.64. The first-order valence-corrected chi connectivity index (χ1v) is 8.72. The summed E-state index contributed by atoms with van der Waals surface area (Å²) in [6.07, 6.45) is 3.22. The number of nitrogens with two attached hydrogens (primary N) is 1. The Morgan fingerprint density at radius 1 is 1.30 bits per heavy atom. The lowest BCUT2D eigenvalue weighted by Gasteiger charge is -2.41. The van der Waals surface area contributed by atoms with Crippen LogP contribution in [0.15, 0.2) is 24.4 Å². The molecule has 0 amide bonds. The second-order valence-corrected chi connectivity index (χ2v) is 6.79. The highest BCUT2D eigenvalue weighted by Crippen LogP contribution is 2.29. The lowest BCUT2D eigenvalue weighted by Crippen LogP contribution is -2.55. The van der Waals surface area contributed by atoms with E-state index in [2.05, 4.69) is 38.7 Å². The van der Waals surface area contributed by atoms with E-state index in [0.717, 1.165) is 44.5 Å². The molecule has 1 aromatic heterocycles. The number of nitrogens with zero attached hydrogens (tertiary/aromatic N) is 3. The fraction of sp³-hybridized carbons (Fsp3) is 0.667. The van der Waals surface area contributed by atoms with Crippen LogP contribution in [0, 0.1) is 5.92 Å². The molecule has 5 heteroatoms. The third-order valence-electron chi connectivity index (χ3n) is 4.51. The van der Waals surface area contributed by atoms with Gasteiger partial charge in [0, 0.05) is 45.0 Å². The fourth-order valence-electron chi connectivity index (χ4n) is 3.32. The van der Waals surface area contributed by atoms with Crippen LogP contribution in [0.2, 0.25) is 0 Å². The topological polar surface area (TPSA) is 45.4 Å². The van der Waals surface area contributed by atoms with Crippen molar-refractivity contribution in [3.63, 3.8) is 0 Å². The summed E-state index contributed by atoms with van der Waals surface area (Å²) in [5.74, 6) is 4.51. The molecule has 2 aliphatic rings. The Kier molecular flexibility index (Phi) is 4.81. The maximum absolute atomic E-state index is 6.05. The average molecular weight is 292 g/mol. The van der Waals surface area contributed by atoms with Gasteiger partial charge in [-0.25, -0.2) is 4.98 Å². The first-order valence-electron chi connectivity index (χ1n) is 7.56. The Hall–Kier alpha value is -0.780. The molecule has 4 nitrogen and oxygen atoms in total. The Morgan fingerprint density at radius 2 is 2.15 bits per heavy atom. The normalized spacial score (nSPS) is 25.9. The van der Waals surface area contributed by atoms with Crippen LogP contribution in [0.3, 0.4) is 0 Å². The SMILES string of the molecule is NCC(C1CCSC1)N1CCN(c2ccccn2)CC1. The van der Waals surface area contributed by atoms with Crippen molar-refractivity contribution in [3.8, 4) is 0 Å². The number of aromatic nitrogens is 1. The van der Waals surface area contributed by atoms with Gasteiger partial charge in [-0.05, 0) is 36.0 Å². The van der Waals surface area contributed by atoms with Gasteiger partial charge in [-0.1, -0.05) is 6.07 Å². The van der Waals surface area contributed by atoms with E-state index >= 15 is 0 Å². The van der Waals surface area contributed by atoms with Crippen LogP contribution < -0.4 is 10.6 Å². The molecule has 2 unspecified atom stereocenters. The van der Waals surface area contributed by atoms with E-state index in [9.17, 15) is 0 Å². The van der Waals surface area contributed by atoms with E-state index in [1.165, 1.54) is 17.9 Å². The zero-order valence-corrected chi connectivity index (χ0v) is 12.8. The van der Waals surface area contributed by atoms with Crippen molar-refractivity contribution in [3.05, 3.63) is 24.4 Å². The van der Waals surface area contributed by atoms with Crippen molar-refractivity contribution in [2.75, 3.05) is 49.1 Å². The van der Waals surface area contributed by atoms with Crippen LogP contribution in [0.5, 0.6) is 0 Å². The van der Waals surface area contributed by atoms with Gasteiger partial charge in [0.15, 0.2) is 0 Å². The highest BCUT2D eigenvalue weighted by atomic mass is 32.2. The minimum Gasteiger partial charge on any atom is -0.354 e. The standard InChI is InChI=1S/C15H24N4S/c16-11-14(13-4-10-20-12-13)18-6-8-19(9-7-18)15-3-1-2-5-17-15/h1-3,5,13-14H,4,6-12,16H2. The van der Waals surface area contributed by atoms with Gasteiger partial charge in [0.2, 0.25) is 0 Å². The summed E-state index contributed by atoms with van der Waals surface area (Å²) < 4.78 is 0. The van der Waals surface area contributed by atoms with E-state index in [-0.39, 0.29) is 0 Å². The highest BCUT2D eigenvalue weighted by Gasteiger charge is 2.31. The molecule has 0 aliphatic carbocycles.